The van der Waals surface area contributed by atoms with Crippen LogP contribution >= 0.6 is 22.1 Å². The Kier molecular flexibility index (Phi) is 5.27. The molecule has 1 aromatic carbocycles. The van der Waals surface area contributed by atoms with Crippen molar-refractivity contribution >= 4 is 43.9 Å². The zero-order valence-electron chi connectivity index (χ0n) is 16.7. The van der Waals surface area contributed by atoms with Crippen molar-refractivity contribution in [2.24, 2.45) is 10.3 Å². The van der Waals surface area contributed by atoms with E-state index in [-0.39, 0.29) is 22.0 Å². The first-order valence-corrected chi connectivity index (χ1v) is 11.8. The molecule has 4 N–H and O–H groups in total. The quantitative estimate of drug-likeness (QED) is 0.448. The molecule has 0 saturated heterocycles. The molecular formula is C20H23N3O5S2. The summed E-state index contributed by atoms with van der Waals surface area (Å²) in [6.07, 6.45) is 0.785. The molecule has 0 amide bonds. The van der Waals surface area contributed by atoms with Gasteiger partial charge in [0, 0.05) is 12.6 Å². The number of aromatic hydroxyl groups is 1. The molecule has 0 fully saturated rings. The van der Waals surface area contributed by atoms with Crippen LogP contribution in [0.5, 0.6) is 11.5 Å². The number of nitrogens with one attached hydrogen (secondary N) is 1. The van der Waals surface area contributed by atoms with Crippen molar-refractivity contribution in [3.8, 4) is 11.5 Å². The van der Waals surface area contributed by atoms with Crippen molar-refractivity contribution < 1.29 is 18.9 Å². The van der Waals surface area contributed by atoms with Crippen LogP contribution in [0.25, 0.3) is 10.2 Å². The van der Waals surface area contributed by atoms with Gasteiger partial charge in [-0.1, -0.05) is 24.6 Å². The number of thiophene rings is 1. The number of anilines is 1. The zero-order valence-corrected chi connectivity index (χ0v) is 18.4. The highest BCUT2D eigenvalue weighted by atomic mass is 32.3. The van der Waals surface area contributed by atoms with E-state index in [2.05, 4.69) is 23.6 Å². The number of amidine groups is 1. The Morgan fingerprint density at radius 2 is 2.07 bits per heavy atom. The third-order valence-electron chi connectivity index (χ3n) is 4.97. The Bertz CT molecular complexity index is 1210. The molecule has 0 atom stereocenters. The molecule has 0 radical (unpaired) electrons. The van der Waals surface area contributed by atoms with E-state index in [9.17, 15) is 19.0 Å². The first-order chi connectivity index (χ1) is 14.2. The van der Waals surface area contributed by atoms with Gasteiger partial charge < -0.3 is 19.7 Å². The maximum Gasteiger partial charge on any atom is 0.265 e. The first kappa shape index (κ1) is 20.7. The summed E-state index contributed by atoms with van der Waals surface area (Å²) < 4.78 is 32.6. The molecule has 0 unspecified atom stereocenters. The Morgan fingerprint density at radius 1 is 1.30 bits per heavy atom. The summed E-state index contributed by atoms with van der Waals surface area (Å²) in [6.45, 7) is 4.63. The van der Waals surface area contributed by atoms with Crippen molar-refractivity contribution in [1.29, 1.82) is 0 Å². The lowest BCUT2D eigenvalue weighted by Crippen LogP contribution is -2.32. The second kappa shape index (κ2) is 7.62. The topological polar surface area (TPSA) is 116 Å². The minimum atomic E-state index is -3.59. The molecule has 3 aromatic rings. The van der Waals surface area contributed by atoms with Gasteiger partial charge in [-0.15, -0.1) is 15.7 Å². The van der Waals surface area contributed by atoms with Crippen molar-refractivity contribution in [3.63, 3.8) is 0 Å². The van der Waals surface area contributed by atoms with Crippen LogP contribution in [-0.2, 0) is 6.54 Å². The van der Waals surface area contributed by atoms with Crippen LogP contribution in [0.2, 0.25) is 0 Å². The Balaban J connectivity index is 1.89. The smallest absolute Gasteiger partial charge is 0.265 e. The Morgan fingerprint density at radius 3 is 2.77 bits per heavy atom. The highest BCUT2D eigenvalue weighted by molar-refractivity contribution is 8.23. The lowest BCUT2D eigenvalue weighted by Gasteiger charge is -2.34. The molecule has 8 nitrogen and oxygen atoms in total. The Hall–Kier alpha value is -2.53. The third-order valence-corrected chi connectivity index (χ3v) is 7.24. The molecule has 160 valence electrons. The van der Waals surface area contributed by atoms with Gasteiger partial charge in [-0.3, -0.25) is 13.9 Å². The number of ether oxygens (including phenoxy) is 1. The van der Waals surface area contributed by atoms with E-state index < -0.39 is 16.3 Å². The molecule has 4 rings (SSSR count). The SMILES string of the molecule is COc1ccc2c(c1)S(O)(O)N=C(c1c(O)c3sccc3n(CCC(C)C)c1=O)N2. The number of methoxy groups -OCH3 is 1. The lowest BCUT2D eigenvalue weighted by molar-refractivity contribution is 0.412. The molecule has 0 saturated carbocycles. The van der Waals surface area contributed by atoms with Gasteiger partial charge in [-0.2, -0.15) is 0 Å². The monoisotopic (exact) mass is 449 g/mol. The van der Waals surface area contributed by atoms with E-state index >= 15 is 0 Å². The minimum absolute atomic E-state index is 0.0660. The summed E-state index contributed by atoms with van der Waals surface area (Å²) in [5.41, 5.74) is 0.535. The molecular weight excluding hydrogens is 426 g/mol. The number of hydrogen-bond acceptors (Lipinski definition) is 8. The molecule has 10 heteroatoms. The highest BCUT2D eigenvalue weighted by Gasteiger charge is 2.31. The third kappa shape index (κ3) is 3.45. The average Bonchev–Trinajstić information content (AvgIpc) is 3.17. The predicted molar refractivity (Wildman–Crippen MR) is 121 cm³/mol. The Labute approximate surface area is 179 Å². The molecule has 1 aliphatic heterocycles. The number of aromatic nitrogens is 1. The number of rotatable bonds is 5. The number of nitrogens with zero attached hydrogens (tertiary/aromatic N) is 2. The fraction of sp³-hybridized carbons (Fsp3) is 0.300. The molecule has 1 aliphatic rings. The number of pyridine rings is 1. The van der Waals surface area contributed by atoms with Gasteiger partial charge in [0.2, 0.25) is 0 Å². The molecule has 0 aliphatic carbocycles. The van der Waals surface area contributed by atoms with E-state index in [1.165, 1.54) is 24.5 Å². The molecule has 0 spiro atoms. The first-order valence-electron chi connectivity index (χ1n) is 9.39. The van der Waals surface area contributed by atoms with Crippen LogP contribution in [0.15, 0.2) is 43.7 Å². The van der Waals surface area contributed by atoms with Crippen LogP contribution in [0.1, 0.15) is 25.8 Å². The van der Waals surface area contributed by atoms with Crippen molar-refractivity contribution in [3.05, 3.63) is 45.6 Å². The van der Waals surface area contributed by atoms with E-state index in [4.69, 9.17) is 4.74 Å². The van der Waals surface area contributed by atoms with Crippen LogP contribution in [0.3, 0.4) is 0 Å². The number of hydrogen-bond donors (Lipinski definition) is 4. The molecule has 30 heavy (non-hydrogen) atoms. The fourth-order valence-electron chi connectivity index (χ4n) is 3.37. The van der Waals surface area contributed by atoms with Crippen LogP contribution in [0.4, 0.5) is 5.69 Å². The number of aryl methyl sites for hydroxylation is 1. The van der Waals surface area contributed by atoms with Gasteiger partial charge in [0.05, 0.1) is 23.0 Å². The zero-order chi connectivity index (χ0) is 21.6. The second-order valence-corrected chi connectivity index (χ2v) is 10.0. The fourth-order valence-corrected chi connectivity index (χ4v) is 5.39. The van der Waals surface area contributed by atoms with Gasteiger partial charge in [0.25, 0.3) is 5.56 Å². The van der Waals surface area contributed by atoms with Crippen molar-refractivity contribution in [1.82, 2.24) is 4.57 Å². The second-order valence-electron chi connectivity index (χ2n) is 7.44. The van der Waals surface area contributed by atoms with Gasteiger partial charge in [0.15, 0.2) is 11.6 Å². The molecule has 2 aromatic heterocycles. The van der Waals surface area contributed by atoms with Crippen LogP contribution in [0, 0.1) is 5.92 Å². The van der Waals surface area contributed by atoms with Crippen LogP contribution in [-0.4, -0.2) is 31.7 Å². The maximum atomic E-state index is 13.3. The lowest BCUT2D eigenvalue weighted by atomic mass is 10.1. The number of benzene rings is 1. The minimum Gasteiger partial charge on any atom is -0.505 e. The van der Waals surface area contributed by atoms with Gasteiger partial charge >= 0.3 is 0 Å². The van der Waals surface area contributed by atoms with Crippen LogP contribution < -0.4 is 15.6 Å². The summed E-state index contributed by atoms with van der Waals surface area (Å²) in [7, 11) is -2.12. The van der Waals surface area contributed by atoms with Gasteiger partial charge in [-0.25, -0.2) is 0 Å². The predicted octanol–water partition coefficient (Wildman–Crippen LogP) is 4.72. The van der Waals surface area contributed by atoms with Gasteiger partial charge in [0.1, 0.15) is 16.2 Å². The normalized spacial score (nSPS) is 16.1. The van der Waals surface area contributed by atoms with E-state index in [1.807, 2.05) is 5.38 Å². The van der Waals surface area contributed by atoms with E-state index in [0.717, 1.165) is 6.42 Å². The summed E-state index contributed by atoms with van der Waals surface area (Å²) >= 11 is 1.31. The van der Waals surface area contributed by atoms with Crippen molar-refractivity contribution in [2.45, 2.75) is 31.7 Å². The van der Waals surface area contributed by atoms with Crippen molar-refractivity contribution in [2.75, 3.05) is 12.4 Å². The summed E-state index contributed by atoms with van der Waals surface area (Å²) in [5.74, 6) is 0.558. The van der Waals surface area contributed by atoms with E-state index in [1.54, 1.807) is 22.8 Å². The standard InChI is InChI=1S/C20H23N3O5S2/c1-11(2)6-8-23-14-7-9-29-18(14)17(24)16(20(23)25)19-21-13-5-4-12(28-3)10-15(13)30(26,27)22-19/h4-5,7,9-11,24,26-27H,6,8H2,1-3H3,(H,21,22). The highest BCUT2D eigenvalue weighted by Crippen LogP contribution is 2.56. The van der Waals surface area contributed by atoms with Gasteiger partial charge in [-0.05, 0) is 35.9 Å². The summed E-state index contributed by atoms with van der Waals surface area (Å²) in [5, 5.41) is 15.7. The molecule has 0 bridgehead atoms. The maximum absolute atomic E-state index is 13.3. The summed E-state index contributed by atoms with van der Waals surface area (Å²) in [4.78, 5) is 13.5. The largest absolute Gasteiger partial charge is 0.505 e. The summed E-state index contributed by atoms with van der Waals surface area (Å²) in [6, 6.07) is 6.57. The molecule has 3 heterocycles. The number of fused-ring (bicyclic) bond motifs is 2. The average molecular weight is 450 g/mol. The van der Waals surface area contributed by atoms with E-state index in [0.29, 0.717) is 34.1 Å².